The van der Waals surface area contributed by atoms with Crippen molar-refractivity contribution >= 4 is 5.96 Å². The lowest BCUT2D eigenvalue weighted by atomic mass is 10.0. The molecule has 0 spiro atoms. The lowest BCUT2D eigenvalue weighted by Crippen LogP contribution is -2.52. The monoisotopic (exact) mass is 362 g/mol. The summed E-state index contributed by atoms with van der Waals surface area (Å²) in [5, 5.41) is 16.3. The van der Waals surface area contributed by atoms with Crippen LogP contribution in [0.1, 0.15) is 31.9 Å². The van der Waals surface area contributed by atoms with E-state index in [4.69, 9.17) is 9.73 Å². The molecule has 26 heavy (non-hydrogen) atoms. The summed E-state index contributed by atoms with van der Waals surface area (Å²) in [6.45, 7) is 12.5. The Kier molecular flexibility index (Phi) is 8.88. The Bertz CT molecular complexity index is 556. The Morgan fingerprint density at radius 2 is 1.88 bits per heavy atom. The van der Waals surface area contributed by atoms with E-state index in [1.165, 1.54) is 0 Å². The van der Waals surface area contributed by atoms with Crippen molar-refractivity contribution in [1.82, 2.24) is 15.5 Å². The molecular formula is C20H34N4O2. The molecule has 1 aromatic carbocycles. The van der Waals surface area contributed by atoms with Crippen LogP contribution in [0.25, 0.3) is 0 Å². The first-order chi connectivity index (χ1) is 12.7. The van der Waals surface area contributed by atoms with Gasteiger partial charge in [-0.15, -0.1) is 0 Å². The molecule has 3 N–H and O–H groups in total. The van der Waals surface area contributed by atoms with E-state index in [-0.39, 0.29) is 6.61 Å². The van der Waals surface area contributed by atoms with Gasteiger partial charge in [-0.2, -0.15) is 0 Å². The summed E-state index contributed by atoms with van der Waals surface area (Å²) >= 11 is 0. The summed E-state index contributed by atoms with van der Waals surface area (Å²) in [6.07, 6.45) is 0. The summed E-state index contributed by atoms with van der Waals surface area (Å²) in [7, 11) is 0. The number of ether oxygens (including phenoxy) is 1. The Morgan fingerprint density at radius 1 is 1.19 bits per heavy atom. The van der Waals surface area contributed by atoms with Crippen LogP contribution in [0.4, 0.5) is 0 Å². The van der Waals surface area contributed by atoms with Crippen molar-refractivity contribution in [3.8, 4) is 0 Å². The Balaban J connectivity index is 1.99. The molecule has 1 aliphatic heterocycles. The zero-order valence-electron chi connectivity index (χ0n) is 16.4. The number of hydrogen-bond donors (Lipinski definition) is 3. The second kappa shape index (κ2) is 11.2. The van der Waals surface area contributed by atoms with Crippen molar-refractivity contribution in [3.63, 3.8) is 0 Å². The SMILES string of the molecule is CCNC(=NCc1ccccc1CO)NCC(C(C)C)N1CCOCC1. The van der Waals surface area contributed by atoms with Crippen LogP contribution in [-0.4, -0.2) is 61.4 Å². The molecular weight excluding hydrogens is 328 g/mol. The summed E-state index contributed by atoms with van der Waals surface area (Å²) in [5.74, 6) is 1.37. The molecule has 0 radical (unpaired) electrons. The maximum atomic E-state index is 9.47. The van der Waals surface area contributed by atoms with Crippen molar-refractivity contribution in [3.05, 3.63) is 35.4 Å². The number of nitrogens with zero attached hydrogens (tertiary/aromatic N) is 2. The molecule has 1 unspecified atom stereocenters. The normalized spacial score (nSPS) is 17.3. The molecule has 0 amide bonds. The highest BCUT2D eigenvalue weighted by molar-refractivity contribution is 5.79. The van der Waals surface area contributed by atoms with Crippen LogP contribution in [0.2, 0.25) is 0 Å². The summed E-state index contributed by atoms with van der Waals surface area (Å²) in [6, 6.07) is 8.34. The van der Waals surface area contributed by atoms with Crippen LogP contribution in [0.15, 0.2) is 29.3 Å². The lowest BCUT2D eigenvalue weighted by molar-refractivity contribution is 0.00752. The molecule has 1 heterocycles. The Labute approximate surface area is 157 Å². The minimum absolute atomic E-state index is 0.0438. The van der Waals surface area contributed by atoms with Gasteiger partial charge < -0.3 is 20.5 Å². The third kappa shape index (κ3) is 6.27. The van der Waals surface area contributed by atoms with E-state index in [1.807, 2.05) is 24.3 Å². The van der Waals surface area contributed by atoms with E-state index in [2.05, 4.69) is 36.3 Å². The van der Waals surface area contributed by atoms with E-state index in [0.29, 0.717) is 18.5 Å². The van der Waals surface area contributed by atoms with Gasteiger partial charge in [0.05, 0.1) is 26.4 Å². The van der Waals surface area contributed by atoms with Gasteiger partial charge in [-0.05, 0) is 24.0 Å². The van der Waals surface area contributed by atoms with Crippen LogP contribution < -0.4 is 10.6 Å². The number of guanidine groups is 1. The maximum absolute atomic E-state index is 9.47. The zero-order chi connectivity index (χ0) is 18.8. The summed E-state index contributed by atoms with van der Waals surface area (Å²) in [5.41, 5.74) is 1.99. The van der Waals surface area contributed by atoms with Crippen LogP contribution in [0.3, 0.4) is 0 Å². The van der Waals surface area contributed by atoms with Crippen molar-refractivity contribution in [2.24, 2.45) is 10.9 Å². The summed E-state index contributed by atoms with van der Waals surface area (Å²) < 4.78 is 5.48. The molecule has 0 aliphatic carbocycles. The molecule has 6 heteroatoms. The number of aliphatic hydroxyl groups is 1. The van der Waals surface area contributed by atoms with Crippen LogP contribution in [0, 0.1) is 5.92 Å². The van der Waals surface area contributed by atoms with E-state index in [1.54, 1.807) is 0 Å². The molecule has 6 nitrogen and oxygen atoms in total. The number of nitrogens with one attached hydrogen (secondary N) is 2. The molecule has 1 aliphatic rings. The van der Waals surface area contributed by atoms with Gasteiger partial charge in [-0.25, -0.2) is 4.99 Å². The molecule has 1 fully saturated rings. The number of aliphatic hydroxyl groups excluding tert-OH is 1. The molecule has 2 rings (SSSR count). The topological polar surface area (TPSA) is 69.1 Å². The van der Waals surface area contributed by atoms with Crippen molar-refractivity contribution in [2.75, 3.05) is 39.4 Å². The highest BCUT2D eigenvalue weighted by Crippen LogP contribution is 2.13. The van der Waals surface area contributed by atoms with E-state index >= 15 is 0 Å². The van der Waals surface area contributed by atoms with Gasteiger partial charge in [0.2, 0.25) is 0 Å². The molecule has 1 atom stereocenters. The molecule has 0 bridgehead atoms. The van der Waals surface area contributed by atoms with Crippen molar-refractivity contribution < 1.29 is 9.84 Å². The lowest BCUT2D eigenvalue weighted by Gasteiger charge is -2.37. The molecule has 1 aromatic rings. The third-order valence-corrected chi connectivity index (χ3v) is 4.80. The standard InChI is InChI=1S/C20H34N4O2/c1-4-21-20(22-13-17-7-5-6-8-18(17)15-25)23-14-19(16(2)3)24-9-11-26-12-10-24/h5-8,16,19,25H,4,9-15H2,1-3H3,(H2,21,22,23). The Morgan fingerprint density at radius 3 is 2.50 bits per heavy atom. The number of rotatable bonds is 8. The number of aliphatic imine (C=N–C) groups is 1. The van der Waals surface area contributed by atoms with Crippen LogP contribution >= 0.6 is 0 Å². The molecule has 1 saturated heterocycles. The first kappa shape index (κ1) is 20.7. The molecule has 0 saturated carbocycles. The number of benzene rings is 1. The van der Waals surface area contributed by atoms with Crippen molar-refractivity contribution in [1.29, 1.82) is 0 Å². The highest BCUT2D eigenvalue weighted by Gasteiger charge is 2.23. The first-order valence-corrected chi connectivity index (χ1v) is 9.67. The second-order valence-electron chi connectivity index (χ2n) is 6.96. The van der Waals surface area contributed by atoms with Crippen molar-refractivity contribution in [2.45, 2.75) is 40.0 Å². The first-order valence-electron chi connectivity index (χ1n) is 9.67. The molecule has 0 aromatic heterocycles. The average Bonchev–Trinajstić information content (AvgIpc) is 2.67. The van der Waals surface area contributed by atoms with Gasteiger partial charge in [-0.3, -0.25) is 4.90 Å². The predicted molar refractivity (Wildman–Crippen MR) is 106 cm³/mol. The van der Waals surface area contributed by atoms with Gasteiger partial charge in [0.25, 0.3) is 0 Å². The van der Waals surface area contributed by atoms with Gasteiger partial charge in [0, 0.05) is 32.2 Å². The minimum Gasteiger partial charge on any atom is -0.392 e. The van der Waals surface area contributed by atoms with E-state index in [9.17, 15) is 5.11 Å². The second-order valence-corrected chi connectivity index (χ2v) is 6.96. The number of morpholine rings is 1. The largest absolute Gasteiger partial charge is 0.392 e. The van der Waals surface area contributed by atoms with E-state index < -0.39 is 0 Å². The third-order valence-electron chi connectivity index (χ3n) is 4.80. The van der Waals surface area contributed by atoms with Gasteiger partial charge >= 0.3 is 0 Å². The van der Waals surface area contributed by atoms with Crippen LogP contribution in [-0.2, 0) is 17.9 Å². The highest BCUT2D eigenvalue weighted by atomic mass is 16.5. The zero-order valence-corrected chi connectivity index (χ0v) is 16.4. The molecule has 146 valence electrons. The fourth-order valence-corrected chi connectivity index (χ4v) is 3.27. The average molecular weight is 363 g/mol. The predicted octanol–water partition coefficient (Wildman–Crippen LogP) is 1.59. The summed E-state index contributed by atoms with van der Waals surface area (Å²) in [4.78, 5) is 7.21. The van der Waals surface area contributed by atoms with Crippen LogP contribution in [0.5, 0.6) is 0 Å². The van der Waals surface area contributed by atoms with Gasteiger partial charge in [0.1, 0.15) is 0 Å². The number of hydrogen-bond acceptors (Lipinski definition) is 4. The van der Waals surface area contributed by atoms with E-state index in [0.717, 1.165) is 56.5 Å². The fourth-order valence-electron chi connectivity index (χ4n) is 3.27. The maximum Gasteiger partial charge on any atom is 0.191 e. The minimum atomic E-state index is 0.0438. The quantitative estimate of drug-likeness (QED) is 0.484. The fraction of sp³-hybridized carbons (Fsp3) is 0.650. The smallest absolute Gasteiger partial charge is 0.191 e. The Hall–Kier alpha value is -1.63. The van der Waals surface area contributed by atoms with Gasteiger partial charge in [0.15, 0.2) is 5.96 Å². The van der Waals surface area contributed by atoms with Gasteiger partial charge in [-0.1, -0.05) is 38.1 Å².